The zero-order valence-electron chi connectivity index (χ0n) is 13.5. The van der Waals surface area contributed by atoms with E-state index in [9.17, 15) is 14.4 Å². The monoisotopic (exact) mass is 329 g/mol. The van der Waals surface area contributed by atoms with Crippen molar-refractivity contribution in [3.05, 3.63) is 53.9 Å². The molecule has 0 radical (unpaired) electrons. The molecule has 0 atom stereocenters. The van der Waals surface area contributed by atoms with Crippen LogP contribution in [0.1, 0.15) is 16.1 Å². The third-order valence-electron chi connectivity index (χ3n) is 3.29. The van der Waals surface area contributed by atoms with Gasteiger partial charge in [-0.1, -0.05) is 17.7 Å². The van der Waals surface area contributed by atoms with Crippen molar-refractivity contribution in [1.82, 2.24) is 9.88 Å². The van der Waals surface area contributed by atoms with Gasteiger partial charge in [0.15, 0.2) is 6.61 Å². The van der Waals surface area contributed by atoms with Gasteiger partial charge in [-0.25, -0.2) is 4.79 Å². The van der Waals surface area contributed by atoms with E-state index in [0.29, 0.717) is 5.69 Å². The van der Waals surface area contributed by atoms with Gasteiger partial charge in [-0.15, -0.1) is 0 Å². The van der Waals surface area contributed by atoms with Crippen LogP contribution in [0.15, 0.2) is 42.6 Å². The molecule has 1 aromatic carbocycles. The Morgan fingerprint density at radius 3 is 2.50 bits per heavy atom. The maximum atomic E-state index is 11.9. The Balaban J connectivity index is 1.77. The zero-order valence-corrected chi connectivity index (χ0v) is 13.5. The molecule has 0 aliphatic heterocycles. The quantitative estimate of drug-likeness (QED) is 0.787. The number of aromatic nitrogens is 1. The van der Waals surface area contributed by atoms with Gasteiger partial charge in [0.05, 0.1) is 6.54 Å². The van der Waals surface area contributed by atoms with E-state index in [4.69, 9.17) is 4.74 Å². The van der Waals surface area contributed by atoms with E-state index < -0.39 is 18.5 Å². The van der Waals surface area contributed by atoms with E-state index in [1.165, 1.54) is 11.9 Å². The molecule has 2 aromatic rings. The van der Waals surface area contributed by atoms with Crippen LogP contribution >= 0.6 is 0 Å². The number of H-pyrrole nitrogens is 1. The largest absolute Gasteiger partial charge is 0.451 e. The number of nitrogens with zero attached hydrogens (tertiary/aromatic N) is 1. The molecule has 0 saturated carbocycles. The summed E-state index contributed by atoms with van der Waals surface area (Å²) in [6.07, 6.45) is 1.58. The van der Waals surface area contributed by atoms with E-state index in [-0.39, 0.29) is 18.1 Å². The Morgan fingerprint density at radius 2 is 1.88 bits per heavy atom. The first kappa shape index (κ1) is 17.3. The van der Waals surface area contributed by atoms with E-state index in [2.05, 4.69) is 10.3 Å². The second-order valence-corrected chi connectivity index (χ2v) is 5.32. The summed E-state index contributed by atoms with van der Waals surface area (Å²) >= 11 is 0. The lowest BCUT2D eigenvalue weighted by Gasteiger charge is -2.16. The van der Waals surface area contributed by atoms with Crippen LogP contribution in [0.4, 0.5) is 5.69 Å². The SMILES string of the molecule is Cc1ccc(NC(=O)CN(C)C(=O)COC(=O)c2ccc[nH]2)cc1. The number of aromatic amines is 1. The predicted octanol–water partition coefficient (Wildman–Crippen LogP) is 1.58. The molecule has 0 aliphatic carbocycles. The topological polar surface area (TPSA) is 91.5 Å². The highest BCUT2D eigenvalue weighted by Crippen LogP contribution is 2.08. The Hall–Kier alpha value is -3.09. The van der Waals surface area contributed by atoms with Crippen LogP contribution in [0.5, 0.6) is 0 Å². The highest BCUT2D eigenvalue weighted by atomic mass is 16.5. The average Bonchev–Trinajstić information content (AvgIpc) is 3.08. The molecule has 126 valence electrons. The van der Waals surface area contributed by atoms with Gasteiger partial charge in [0, 0.05) is 18.9 Å². The average molecular weight is 329 g/mol. The van der Waals surface area contributed by atoms with Crippen molar-refractivity contribution in [3.63, 3.8) is 0 Å². The van der Waals surface area contributed by atoms with Crippen LogP contribution in [0, 0.1) is 6.92 Å². The summed E-state index contributed by atoms with van der Waals surface area (Å²) in [6, 6.07) is 10.5. The highest BCUT2D eigenvalue weighted by molar-refractivity contribution is 5.95. The number of ether oxygens (including phenoxy) is 1. The van der Waals surface area contributed by atoms with Crippen molar-refractivity contribution in [1.29, 1.82) is 0 Å². The van der Waals surface area contributed by atoms with Gasteiger partial charge < -0.3 is 19.9 Å². The van der Waals surface area contributed by atoms with Crippen LogP contribution in [-0.4, -0.2) is 47.9 Å². The van der Waals surface area contributed by atoms with Crippen molar-refractivity contribution in [2.24, 2.45) is 0 Å². The highest BCUT2D eigenvalue weighted by Gasteiger charge is 2.16. The van der Waals surface area contributed by atoms with Crippen LogP contribution in [0.25, 0.3) is 0 Å². The third kappa shape index (κ3) is 4.98. The molecule has 0 aliphatic rings. The Labute approximate surface area is 139 Å². The number of likely N-dealkylation sites (N-methyl/N-ethyl adjacent to an activating group) is 1. The Kier molecular flexibility index (Phi) is 5.73. The van der Waals surface area contributed by atoms with Gasteiger partial charge in [-0.3, -0.25) is 9.59 Å². The molecule has 7 heteroatoms. The van der Waals surface area contributed by atoms with Crippen molar-refractivity contribution < 1.29 is 19.1 Å². The second-order valence-electron chi connectivity index (χ2n) is 5.32. The van der Waals surface area contributed by atoms with E-state index in [1.54, 1.807) is 30.5 Å². The van der Waals surface area contributed by atoms with E-state index in [1.807, 2.05) is 19.1 Å². The number of amides is 2. The summed E-state index contributed by atoms with van der Waals surface area (Å²) in [6.45, 7) is 1.39. The molecule has 0 saturated heterocycles. The van der Waals surface area contributed by atoms with Gasteiger partial charge in [-0.05, 0) is 31.2 Å². The number of anilines is 1. The van der Waals surface area contributed by atoms with E-state index >= 15 is 0 Å². The van der Waals surface area contributed by atoms with Crippen LogP contribution in [-0.2, 0) is 14.3 Å². The molecule has 1 aromatic heterocycles. The molecule has 0 spiro atoms. The van der Waals surface area contributed by atoms with Gasteiger partial charge in [0.2, 0.25) is 5.91 Å². The summed E-state index contributed by atoms with van der Waals surface area (Å²) in [5, 5.41) is 2.70. The fourth-order valence-corrected chi connectivity index (χ4v) is 1.91. The molecule has 0 fully saturated rings. The Bertz CT molecular complexity index is 708. The number of aryl methyl sites for hydroxylation is 1. The summed E-state index contributed by atoms with van der Waals surface area (Å²) in [7, 11) is 1.47. The van der Waals surface area contributed by atoms with E-state index in [0.717, 1.165) is 5.56 Å². The minimum atomic E-state index is -0.620. The summed E-state index contributed by atoms with van der Waals surface area (Å²) < 4.78 is 4.89. The fourth-order valence-electron chi connectivity index (χ4n) is 1.91. The third-order valence-corrected chi connectivity index (χ3v) is 3.29. The number of carbonyl (C=O) groups is 3. The Morgan fingerprint density at radius 1 is 1.17 bits per heavy atom. The van der Waals surface area contributed by atoms with Crippen molar-refractivity contribution in [2.75, 3.05) is 25.5 Å². The molecule has 0 bridgehead atoms. The maximum Gasteiger partial charge on any atom is 0.355 e. The minimum Gasteiger partial charge on any atom is -0.451 e. The zero-order chi connectivity index (χ0) is 17.5. The molecule has 1 heterocycles. The fraction of sp³-hybridized carbons (Fsp3) is 0.235. The van der Waals surface area contributed by atoms with Crippen LogP contribution in [0.3, 0.4) is 0 Å². The van der Waals surface area contributed by atoms with Gasteiger partial charge in [0.25, 0.3) is 5.91 Å². The maximum absolute atomic E-state index is 11.9. The number of rotatable bonds is 6. The minimum absolute atomic E-state index is 0.132. The molecule has 2 N–H and O–H groups in total. The lowest BCUT2D eigenvalue weighted by Crippen LogP contribution is -2.37. The number of hydrogen-bond acceptors (Lipinski definition) is 4. The summed E-state index contributed by atoms with van der Waals surface area (Å²) in [4.78, 5) is 39.3. The van der Waals surface area contributed by atoms with Crippen molar-refractivity contribution in [3.8, 4) is 0 Å². The number of esters is 1. The van der Waals surface area contributed by atoms with Crippen LogP contribution in [0.2, 0.25) is 0 Å². The lowest BCUT2D eigenvalue weighted by atomic mass is 10.2. The number of benzene rings is 1. The second kappa shape index (κ2) is 7.96. The molecular weight excluding hydrogens is 310 g/mol. The first-order valence-corrected chi connectivity index (χ1v) is 7.36. The van der Waals surface area contributed by atoms with Crippen molar-refractivity contribution >= 4 is 23.5 Å². The van der Waals surface area contributed by atoms with Gasteiger partial charge >= 0.3 is 5.97 Å². The molecule has 24 heavy (non-hydrogen) atoms. The summed E-state index contributed by atoms with van der Waals surface area (Å²) in [5.74, 6) is -1.41. The van der Waals surface area contributed by atoms with Gasteiger partial charge in [-0.2, -0.15) is 0 Å². The smallest absolute Gasteiger partial charge is 0.355 e. The first-order valence-electron chi connectivity index (χ1n) is 7.36. The molecule has 7 nitrogen and oxygen atoms in total. The van der Waals surface area contributed by atoms with Crippen molar-refractivity contribution in [2.45, 2.75) is 6.92 Å². The van der Waals surface area contributed by atoms with Gasteiger partial charge in [0.1, 0.15) is 5.69 Å². The molecular formula is C17H19N3O4. The number of nitrogens with one attached hydrogen (secondary N) is 2. The number of carbonyl (C=O) groups excluding carboxylic acids is 3. The molecule has 2 rings (SSSR count). The molecule has 2 amide bonds. The lowest BCUT2D eigenvalue weighted by molar-refractivity contribution is -0.136. The standard InChI is InChI=1S/C17H19N3O4/c1-12-5-7-13(8-6-12)19-15(21)10-20(2)16(22)11-24-17(23)14-4-3-9-18-14/h3-9,18H,10-11H2,1-2H3,(H,19,21). The predicted molar refractivity (Wildman–Crippen MR) is 88.5 cm³/mol. The first-order chi connectivity index (χ1) is 11.5. The van der Waals surface area contributed by atoms with Crippen LogP contribution < -0.4 is 5.32 Å². The molecule has 0 unspecified atom stereocenters. The normalized spacial score (nSPS) is 10.1. The summed E-state index contributed by atoms with van der Waals surface area (Å²) in [5.41, 5.74) is 2.01. The number of hydrogen-bond donors (Lipinski definition) is 2.